The summed E-state index contributed by atoms with van der Waals surface area (Å²) in [7, 11) is -3.78. The SMILES string of the molecule is CCC(CCC1(c2cnc3ccccc3n2)CC=C(C(=N)N)C(=O)C1NS(C)(=O)=O)N1C(C)CCCC1C. The summed E-state index contributed by atoms with van der Waals surface area (Å²) in [6, 6.07) is 7.56. The summed E-state index contributed by atoms with van der Waals surface area (Å²) in [5, 5.41) is 7.94. The van der Waals surface area contributed by atoms with Crippen LogP contribution in [0, 0.1) is 5.41 Å². The fourth-order valence-corrected chi connectivity index (χ4v) is 7.27. The number of carbonyl (C=O) groups is 1. The summed E-state index contributed by atoms with van der Waals surface area (Å²) < 4.78 is 27.8. The van der Waals surface area contributed by atoms with Crippen LogP contribution in [0.25, 0.3) is 11.0 Å². The van der Waals surface area contributed by atoms with E-state index in [1.807, 2.05) is 24.3 Å². The highest BCUT2D eigenvalue weighted by Crippen LogP contribution is 2.42. The van der Waals surface area contributed by atoms with Crippen molar-refractivity contribution in [3.05, 3.63) is 47.8 Å². The van der Waals surface area contributed by atoms with Gasteiger partial charge in [-0.1, -0.05) is 31.6 Å². The lowest BCUT2D eigenvalue weighted by atomic mass is 9.65. The van der Waals surface area contributed by atoms with E-state index >= 15 is 0 Å². The highest BCUT2D eigenvalue weighted by molar-refractivity contribution is 7.88. The minimum absolute atomic E-state index is 0.0424. The highest BCUT2D eigenvalue weighted by Gasteiger charge is 2.50. The monoisotopic (exact) mass is 540 g/mol. The van der Waals surface area contributed by atoms with E-state index in [1.165, 1.54) is 6.42 Å². The molecule has 0 saturated carbocycles. The zero-order valence-corrected chi connectivity index (χ0v) is 23.6. The number of sulfonamides is 1. The topological polar surface area (TPSA) is 142 Å². The average Bonchev–Trinajstić information content (AvgIpc) is 2.86. The van der Waals surface area contributed by atoms with Crippen molar-refractivity contribution in [1.82, 2.24) is 19.6 Å². The number of amidine groups is 1. The molecule has 1 aromatic heterocycles. The number of rotatable bonds is 9. The second kappa shape index (κ2) is 11.2. The second-order valence-electron chi connectivity index (χ2n) is 11.0. The number of likely N-dealkylation sites (tertiary alicyclic amines) is 1. The lowest BCUT2D eigenvalue weighted by molar-refractivity contribution is -0.119. The summed E-state index contributed by atoms with van der Waals surface area (Å²) in [6.07, 6.45) is 10.5. The van der Waals surface area contributed by atoms with Gasteiger partial charge in [0.1, 0.15) is 5.84 Å². The zero-order chi connectivity index (χ0) is 27.7. The Labute approximate surface area is 225 Å². The summed E-state index contributed by atoms with van der Waals surface area (Å²) in [6.45, 7) is 6.75. The van der Waals surface area contributed by atoms with Gasteiger partial charge in [-0.05, 0) is 64.5 Å². The maximum absolute atomic E-state index is 13.7. The Balaban J connectivity index is 1.83. The predicted octanol–water partition coefficient (Wildman–Crippen LogP) is 3.44. The predicted molar refractivity (Wildman–Crippen MR) is 151 cm³/mol. The van der Waals surface area contributed by atoms with Crippen LogP contribution in [0.2, 0.25) is 0 Å². The fraction of sp³-hybridized carbons (Fsp3) is 0.571. The third-order valence-corrected chi connectivity index (χ3v) is 9.07. The van der Waals surface area contributed by atoms with Gasteiger partial charge >= 0.3 is 0 Å². The molecule has 38 heavy (non-hydrogen) atoms. The first-order valence-electron chi connectivity index (χ1n) is 13.5. The van der Waals surface area contributed by atoms with Gasteiger partial charge in [-0.15, -0.1) is 0 Å². The van der Waals surface area contributed by atoms with Crippen molar-refractivity contribution in [3.63, 3.8) is 0 Å². The third-order valence-electron chi connectivity index (χ3n) is 8.41. The molecule has 0 amide bonds. The molecule has 9 nitrogen and oxygen atoms in total. The van der Waals surface area contributed by atoms with E-state index in [0.29, 0.717) is 36.1 Å². The van der Waals surface area contributed by atoms with Crippen LogP contribution in [0.4, 0.5) is 0 Å². The number of nitrogens with one attached hydrogen (secondary N) is 2. The molecule has 1 aliphatic heterocycles. The fourth-order valence-electron chi connectivity index (χ4n) is 6.51. The standard InChI is InChI=1S/C28H40N6O3S/c1-5-20(34-18(2)9-8-10-19(34)3)13-15-28(24-17-31-22-11-6-7-12-23(22)32-24)16-14-21(27(29)30)25(35)26(28)33-38(4,36)37/h6-7,11-12,14,17-20,26,33H,5,8-10,13,15-16H2,1-4H3,(H3,29,30). The van der Waals surface area contributed by atoms with Gasteiger partial charge in [0.25, 0.3) is 0 Å². The minimum atomic E-state index is -3.78. The van der Waals surface area contributed by atoms with E-state index in [1.54, 1.807) is 12.3 Å². The smallest absolute Gasteiger partial charge is 0.209 e. The molecule has 0 spiro atoms. The van der Waals surface area contributed by atoms with Gasteiger partial charge in [0.2, 0.25) is 10.0 Å². The Bertz CT molecular complexity index is 1330. The normalized spacial score (nSPS) is 27.7. The van der Waals surface area contributed by atoms with Gasteiger partial charge in [-0.25, -0.2) is 18.1 Å². The van der Waals surface area contributed by atoms with Crippen LogP contribution in [0.3, 0.4) is 0 Å². The third kappa shape index (κ3) is 5.67. The van der Waals surface area contributed by atoms with E-state index in [2.05, 4.69) is 35.4 Å². The molecule has 10 heteroatoms. The number of fused-ring (bicyclic) bond motifs is 1. The maximum Gasteiger partial charge on any atom is 0.209 e. The highest BCUT2D eigenvalue weighted by atomic mass is 32.2. The van der Waals surface area contributed by atoms with Crippen molar-refractivity contribution in [2.45, 2.75) is 95.3 Å². The van der Waals surface area contributed by atoms with E-state index in [4.69, 9.17) is 16.1 Å². The maximum atomic E-state index is 13.7. The molecule has 206 valence electrons. The van der Waals surface area contributed by atoms with E-state index < -0.39 is 27.3 Å². The molecule has 1 aromatic carbocycles. The molecule has 1 fully saturated rings. The first kappa shape index (κ1) is 28.3. The Morgan fingerprint density at radius 1 is 1.24 bits per heavy atom. The molecule has 5 unspecified atom stereocenters. The molecule has 1 aliphatic carbocycles. The first-order chi connectivity index (χ1) is 18.0. The van der Waals surface area contributed by atoms with Crippen molar-refractivity contribution in [2.24, 2.45) is 5.73 Å². The number of nitrogens with zero attached hydrogens (tertiary/aromatic N) is 3. The molecule has 5 atom stereocenters. The molecule has 2 aromatic rings. The van der Waals surface area contributed by atoms with Gasteiger partial charge < -0.3 is 5.73 Å². The first-order valence-corrected chi connectivity index (χ1v) is 15.4. The van der Waals surface area contributed by atoms with Crippen molar-refractivity contribution >= 4 is 32.7 Å². The molecule has 0 bridgehead atoms. The molecule has 4 N–H and O–H groups in total. The summed E-state index contributed by atoms with van der Waals surface area (Å²) in [5.41, 5.74) is 6.78. The second-order valence-corrected chi connectivity index (χ2v) is 12.8. The van der Waals surface area contributed by atoms with Crippen LogP contribution < -0.4 is 10.5 Å². The van der Waals surface area contributed by atoms with Crippen LogP contribution in [-0.2, 0) is 20.2 Å². The van der Waals surface area contributed by atoms with Gasteiger partial charge in [0, 0.05) is 29.7 Å². The summed E-state index contributed by atoms with van der Waals surface area (Å²) in [4.78, 5) is 25.9. The van der Waals surface area contributed by atoms with E-state index in [9.17, 15) is 13.2 Å². The van der Waals surface area contributed by atoms with Crippen molar-refractivity contribution in [3.8, 4) is 0 Å². The van der Waals surface area contributed by atoms with Crippen molar-refractivity contribution in [2.75, 3.05) is 6.26 Å². The largest absolute Gasteiger partial charge is 0.384 e. The van der Waals surface area contributed by atoms with Crippen molar-refractivity contribution in [1.29, 1.82) is 5.41 Å². The summed E-state index contributed by atoms with van der Waals surface area (Å²) in [5.74, 6) is -0.868. The number of piperidine rings is 1. The van der Waals surface area contributed by atoms with Crippen LogP contribution in [0.5, 0.6) is 0 Å². The number of benzene rings is 1. The Morgan fingerprint density at radius 3 is 2.50 bits per heavy atom. The number of ketones is 1. The molecular weight excluding hydrogens is 500 g/mol. The van der Waals surface area contributed by atoms with Crippen LogP contribution >= 0.6 is 0 Å². The molecule has 4 rings (SSSR count). The number of para-hydroxylation sites is 2. The summed E-state index contributed by atoms with van der Waals surface area (Å²) >= 11 is 0. The lowest BCUT2D eigenvalue weighted by Crippen LogP contribution is -2.59. The minimum Gasteiger partial charge on any atom is -0.384 e. The number of allylic oxidation sites excluding steroid dienone is 1. The van der Waals surface area contributed by atoms with Crippen LogP contribution in [0.1, 0.15) is 71.4 Å². The molecule has 2 heterocycles. The number of aromatic nitrogens is 2. The van der Waals surface area contributed by atoms with Gasteiger partial charge in [-0.2, -0.15) is 0 Å². The average molecular weight is 541 g/mol. The number of Topliss-reactive ketones (excluding diaryl/α,β-unsaturated/α-hetero) is 1. The molecule has 1 saturated heterocycles. The number of hydrogen-bond acceptors (Lipinski definition) is 7. The lowest BCUT2D eigenvalue weighted by Gasteiger charge is -2.47. The Morgan fingerprint density at radius 2 is 1.89 bits per heavy atom. The Hall–Kier alpha value is -2.69. The van der Waals surface area contributed by atoms with Gasteiger partial charge in [0.05, 0.1) is 34.6 Å². The molecule has 2 aliphatic rings. The zero-order valence-electron chi connectivity index (χ0n) is 22.8. The number of carbonyl (C=O) groups excluding carboxylic acids is 1. The number of hydrogen-bond donors (Lipinski definition) is 3. The number of nitrogens with two attached hydrogens (primary N) is 1. The van der Waals surface area contributed by atoms with Gasteiger partial charge in [-0.3, -0.25) is 20.1 Å². The molecular formula is C28H40N6O3S. The van der Waals surface area contributed by atoms with Crippen molar-refractivity contribution < 1.29 is 13.2 Å². The molecule has 0 radical (unpaired) electrons. The van der Waals surface area contributed by atoms with Gasteiger partial charge in [0.15, 0.2) is 5.78 Å². The van der Waals surface area contributed by atoms with Crippen LogP contribution in [0.15, 0.2) is 42.1 Å². The Kier molecular flexibility index (Phi) is 8.34. The van der Waals surface area contributed by atoms with E-state index in [-0.39, 0.29) is 17.5 Å². The van der Waals surface area contributed by atoms with Crippen LogP contribution in [-0.4, -0.2) is 65.3 Å². The quantitative estimate of drug-likeness (QED) is 0.327. The van der Waals surface area contributed by atoms with E-state index in [0.717, 1.165) is 37.5 Å².